The summed E-state index contributed by atoms with van der Waals surface area (Å²) in [5.74, 6) is 0.840. The van der Waals surface area contributed by atoms with E-state index in [-0.39, 0.29) is 23.1 Å². The van der Waals surface area contributed by atoms with Crippen molar-refractivity contribution in [1.29, 1.82) is 0 Å². The summed E-state index contributed by atoms with van der Waals surface area (Å²) in [5, 5.41) is 0.254. The molecule has 0 fully saturated rings. The minimum absolute atomic E-state index is 0.0653. The summed E-state index contributed by atoms with van der Waals surface area (Å²) in [6.07, 6.45) is 1.02. The highest BCUT2D eigenvalue weighted by Crippen LogP contribution is 2.36. The molecule has 0 aromatic heterocycles. The second kappa shape index (κ2) is 7.50. The predicted octanol–water partition coefficient (Wildman–Crippen LogP) is 2.36. The van der Waals surface area contributed by atoms with Crippen molar-refractivity contribution >= 4 is 27.7 Å². The van der Waals surface area contributed by atoms with Gasteiger partial charge in [0.05, 0.1) is 24.5 Å². The van der Waals surface area contributed by atoms with E-state index in [1.807, 2.05) is 0 Å². The highest BCUT2D eigenvalue weighted by molar-refractivity contribution is 7.91. The van der Waals surface area contributed by atoms with Crippen LogP contribution in [0.5, 0.6) is 11.5 Å². The number of halogens is 1. The van der Waals surface area contributed by atoms with Gasteiger partial charge >= 0.3 is 0 Å². The predicted molar refractivity (Wildman–Crippen MR) is 77.8 cm³/mol. The highest BCUT2D eigenvalue weighted by Gasteiger charge is 2.13. The highest BCUT2D eigenvalue weighted by atomic mass is 35.5. The van der Waals surface area contributed by atoms with E-state index >= 15 is 0 Å². The molecule has 0 bridgehead atoms. The van der Waals surface area contributed by atoms with Crippen LogP contribution in [0, 0.1) is 0 Å². The van der Waals surface area contributed by atoms with Gasteiger partial charge in [-0.2, -0.15) is 0 Å². The number of hydrogen-bond donors (Lipinski definition) is 0. The van der Waals surface area contributed by atoms with Crippen LogP contribution in [0.3, 0.4) is 0 Å². The van der Waals surface area contributed by atoms with E-state index in [0.717, 1.165) is 0 Å². The van der Waals surface area contributed by atoms with Gasteiger partial charge in [-0.1, -0.05) is 18.5 Å². The summed E-state index contributed by atoms with van der Waals surface area (Å²) in [5.41, 5.74) is 0.382. The molecule has 0 aliphatic heterocycles. The summed E-state index contributed by atoms with van der Waals surface area (Å²) < 4.78 is 33.2. The van der Waals surface area contributed by atoms with Gasteiger partial charge in [0.1, 0.15) is 16.1 Å². The van der Waals surface area contributed by atoms with Gasteiger partial charge in [0.2, 0.25) is 0 Å². The topological polar surface area (TPSA) is 69.7 Å². The normalized spacial score (nSPS) is 11.2. The van der Waals surface area contributed by atoms with Gasteiger partial charge in [-0.25, -0.2) is 8.42 Å². The first-order chi connectivity index (χ1) is 9.43. The van der Waals surface area contributed by atoms with Crippen LogP contribution < -0.4 is 9.47 Å². The maximum atomic E-state index is 11.3. The second-order valence-corrected chi connectivity index (χ2v) is 6.97. The molecule has 0 aliphatic rings. The van der Waals surface area contributed by atoms with Crippen LogP contribution in [0.1, 0.15) is 23.7 Å². The molecule has 0 aliphatic carbocycles. The van der Waals surface area contributed by atoms with E-state index in [4.69, 9.17) is 21.1 Å². The minimum atomic E-state index is -3.00. The first kappa shape index (κ1) is 16.8. The molecule has 0 amide bonds. The summed E-state index contributed by atoms with van der Waals surface area (Å²) in [6.45, 7) is 1.81. The van der Waals surface area contributed by atoms with E-state index in [0.29, 0.717) is 29.8 Å². The molecule has 1 aromatic carbocycles. The smallest absolute Gasteiger partial charge is 0.179 e. The van der Waals surface area contributed by atoms with E-state index in [1.54, 1.807) is 6.92 Å². The Kier molecular flexibility index (Phi) is 6.29. The summed E-state index contributed by atoms with van der Waals surface area (Å²) >= 11 is 6.01. The van der Waals surface area contributed by atoms with E-state index in [9.17, 15) is 13.2 Å². The Hall–Kier alpha value is -1.27. The maximum absolute atomic E-state index is 11.3. The van der Waals surface area contributed by atoms with E-state index in [2.05, 4.69) is 0 Å². The van der Waals surface area contributed by atoms with Crippen molar-refractivity contribution in [3.8, 4) is 11.5 Å². The lowest BCUT2D eigenvalue weighted by Gasteiger charge is -2.12. The third-order valence-corrected chi connectivity index (χ3v) is 4.74. The number of carbonyl (C=O) groups excluding carboxylic acids is 1. The molecule has 112 valence electrons. The molecule has 20 heavy (non-hydrogen) atoms. The van der Waals surface area contributed by atoms with Gasteiger partial charge in [0.15, 0.2) is 11.5 Å². The molecule has 0 atom stereocenters. The van der Waals surface area contributed by atoms with Crippen molar-refractivity contribution in [2.45, 2.75) is 13.3 Å². The summed E-state index contributed by atoms with van der Waals surface area (Å²) in [4.78, 5) is 10.7. The second-order valence-electron chi connectivity index (χ2n) is 4.09. The molecule has 0 saturated carbocycles. The molecule has 5 nitrogen and oxygen atoms in total. The fourth-order valence-corrected chi connectivity index (χ4v) is 2.67. The Morgan fingerprint density at radius 2 is 2.05 bits per heavy atom. The Balaban J connectivity index is 2.71. The van der Waals surface area contributed by atoms with Gasteiger partial charge in [-0.3, -0.25) is 4.79 Å². The molecule has 1 rings (SSSR count). The van der Waals surface area contributed by atoms with Gasteiger partial charge < -0.3 is 9.47 Å². The summed E-state index contributed by atoms with van der Waals surface area (Å²) in [7, 11) is -1.56. The molecule has 0 spiro atoms. The minimum Gasteiger partial charge on any atom is -0.493 e. The molecule has 0 radical (unpaired) electrons. The summed E-state index contributed by atoms with van der Waals surface area (Å²) in [6, 6.07) is 2.98. The van der Waals surface area contributed by atoms with E-state index < -0.39 is 9.84 Å². The van der Waals surface area contributed by atoms with Gasteiger partial charge in [-0.15, -0.1) is 0 Å². The fraction of sp³-hybridized carbons (Fsp3) is 0.462. The average Bonchev–Trinajstić information content (AvgIpc) is 2.44. The Morgan fingerprint density at radius 1 is 1.35 bits per heavy atom. The Bertz CT molecular complexity index is 568. The Labute approximate surface area is 123 Å². The van der Waals surface area contributed by atoms with Crippen LogP contribution in [0.25, 0.3) is 0 Å². The first-order valence-corrected chi connectivity index (χ1v) is 8.29. The molecular weight excluding hydrogens is 304 g/mol. The molecule has 0 saturated heterocycles. The number of benzene rings is 1. The van der Waals surface area contributed by atoms with Crippen LogP contribution in [0.4, 0.5) is 0 Å². The van der Waals surface area contributed by atoms with Gasteiger partial charge in [-0.05, 0) is 18.6 Å². The van der Waals surface area contributed by atoms with Crippen LogP contribution >= 0.6 is 11.6 Å². The van der Waals surface area contributed by atoms with Gasteiger partial charge in [0, 0.05) is 11.3 Å². The van der Waals surface area contributed by atoms with Crippen LogP contribution in [-0.4, -0.2) is 39.9 Å². The van der Waals surface area contributed by atoms with Crippen LogP contribution in [-0.2, 0) is 9.84 Å². The zero-order chi connectivity index (χ0) is 15.2. The number of rotatable bonds is 8. The number of carbonyl (C=O) groups is 1. The quantitative estimate of drug-likeness (QED) is 0.543. The van der Waals surface area contributed by atoms with Crippen molar-refractivity contribution in [2.75, 3.05) is 25.2 Å². The molecule has 1 aromatic rings. The molecule has 0 N–H and O–H groups in total. The van der Waals surface area contributed by atoms with Gasteiger partial charge in [0.25, 0.3) is 0 Å². The average molecular weight is 321 g/mol. The fourth-order valence-electron chi connectivity index (χ4n) is 1.55. The molecule has 0 heterocycles. The monoisotopic (exact) mass is 320 g/mol. The molecule has 0 unspecified atom stereocenters. The van der Waals surface area contributed by atoms with Crippen molar-refractivity contribution in [1.82, 2.24) is 0 Å². The first-order valence-electron chi connectivity index (χ1n) is 6.09. The third-order valence-electron chi connectivity index (χ3n) is 2.67. The van der Waals surface area contributed by atoms with Crippen LogP contribution in [0.2, 0.25) is 5.02 Å². The number of ether oxygens (including phenoxy) is 2. The van der Waals surface area contributed by atoms with Crippen molar-refractivity contribution in [2.24, 2.45) is 0 Å². The number of hydrogen-bond acceptors (Lipinski definition) is 5. The maximum Gasteiger partial charge on any atom is 0.179 e. The molecular formula is C13H17ClO5S. The Morgan fingerprint density at radius 3 is 2.60 bits per heavy atom. The number of methoxy groups -OCH3 is 1. The lowest BCUT2D eigenvalue weighted by Crippen LogP contribution is -2.12. The standard InChI is InChI=1S/C13H17ClO5S/c1-3-20(16,17)6-4-5-19-13-11(14)7-10(9-15)8-12(13)18-2/h7-9H,3-6H2,1-2H3. The third kappa shape index (κ3) is 4.68. The van der Waals surface area contributed by atoms with E-state index in [1.165, 1.54) is 19.2 Å². The lowest BCUT2D eigenvalue weighted by molar-refractivity contribution is 0.112. The number of aldehydes is 1. The molecule has 7 heteroatoms. The zero-order valence-electron chi connectivity index (χ0n) is 11.4. The SMILES string of the molecule is CCS(=O)(=O)CCCOc1c(Cl)cc(C=O)cc1OC. The zero-order valence-corrected chi connectivity index (χ0v) is 13.0. The number of sulfone groups is 1. The van der Waals surface area contributed by atoms with Crippen LogP contribution in [0.15, 0.2) is 12.1 Å². The van der Waals surface area contributed by atoms with Crippen molar-refractivity contribution in [3.05, 3.63) is 22.7 Å². The largest absolute Gasteiger partial charge is 0.493 e. The van der Waals surface area contributed by atoms with Crippen molar-refractivity contribution in [3.63, 3.8) is 0 Å². The lowest BCUT2D eigenvalue weighted by atomic mass is 10.2. The van der Waals surface area contributed by atoms with Crippen molar-refractivity contribution < 1.29 is 22.7 Å².